The predicted molar refractivity (Wildman–Crippen MR) is 75.1 cm³/mol. The summed E-state index contributed by atoms with van der Waals surface area (Å²) < 4.78 is 11.1. The minimum Gasteiger partial charge on any atom is -0.488 e. The summed E-state index contributed by atoms with van der Waals surface area (Å²) in [6.45, 7) is 6.78. The average Bonchev–Trinajstić information content (AvgIpc) is 2.33. The van der Waals surface area contributed by atoms with Crippen LogP contribution in [0.5, 0.6) is 5.75 Å². The first-order valence-electron chi connectivity index (χ1n) is 6.58. The molecule has 102 valence electrons. The van der Waals surface area contributed by atoms with E-state index in [-0.39, 0.29) is 12.1 Å². The third-order valence-corrected chi connectivity index (χ3v) is 3.02. The fourth-order valence-corrected chi connectivity index (χ4v) is 1.94. The molecule has 2 unspecified atom stereocenters. The normalized spacial score (nSPS) is 14.3. The van der Waals surface area contributed by atoms with Gasteiger partial charge in [-0.1, -0.05) is 25.1 Å². The molecule has 0 heterocycles. The lowest BCUT2D eigenvalue weighted by Gasteiger charge is -2.20. The van der Waals surface area contributed by atoms with Crippen LogP contribution >= 0.6 is 0 Å². The van der Waals surface area contributed by atoms with E-state index >= 15 is 0 Å². The van der Waals surface area contributed by atoms with Crippen molar-refractivity contribution in [3.8, 4) is 5.75 Å². The zero-order valence-corrected chi connectivity index (χ0v) is 11.9. The van der Waals surface area contributed by atoms with Crippen LogP contribution in [0.3, 0.4) is 0 Å². The second kappa shape index (κ2) is 7.39. The Morgan fingerprint density at radius 2 is 2.06 bits per heavy atom. The molecule has 3 heteroatoms. The van der Waals surface area contributed by atoms with Gasteiger partial charge < -0.3 is 15.2 Å². The summed E-state index contributed by atoms with van der Waals surface area (Å²) in [6, 6.07) is 6.40. The maximum Gasteiger partial charge on any atom is 0.125 e. The Labute approximate surface area is 110 Å². The van der Waals surface area contributed by atoms with Crippen molar-refractivity contribution in [3.05, 3.63) is 29.3 Å². The van der Waals surface area contributed by atoms with Crippen molar-refractivity contribution in [2.75, 3.05) is 13.7 Å². The molecule has 0 saturated heterocycles. The van der Waals surface area contributed by atoms with Crippen molar-refractivity contribution in [3.63, 3.8) is 0 Å². The standard InChI is InChI=1S/C15H25NO2/c1-5-14(16)9-13-8-6-7-11(2)15(13)18-12(3)10-17-4/h6-8,12,14H,5,9-10,16H2,1-4H3. The van der Waals surface area contributed by atoms with E-state index in [1.54, 1.807) is 7.11 Å². The average molecular weight is 251 g/mol. The number of para-hydroxylation sites is 1. The molecule has 2 N–H and O–H groups in total. The van der Waals surface area contributed by atoms with Crippen LogP contribution in [0.1, 0.15) is 31.4 Å². The van der Waals surface area contributed by atoms with E-state index in [0.717, 1.165) is 24.2 Å². The molecule has 3 nitrogen and oxygen atoms in total. The van der Waals surface area contributed by atoms with Crippen LogP contribution in [0, 0.1) is 6.92 Å². The SMILES string of the molecule is CCC(N)Cc1cccc(C)c1OC(C)COC. The molecule has 0 aromatic heterocycles. The largest absolute Gasteiger partial charge is 0.488 e. The van der Waals surface area contributed by atoms with Crippen LogP contribution in [-0.4, -0.2) is 25.9 Å². The van der Waals surface area contributed by atoms with E-state index < -0.39 is 0 Å². The Kier molecular flexibility index (Phi) is 6.16. The summed E-state index contributed by atoms with van der Waals surface area (Å²) in [5.74, 6) is 0.964. The summed E-state index contributed by atoms with van der Waals surface area (Å²) >= 11 is 0. The molecular formula is C15H25NO2. The van der Waals surface area contributed by atoms with Gasteiger partial charge in [-0.25, -0.2) is 0 Å². The molecule has 0 aliphatic rings. The van der Waals surface area contributed by atoms with Crippen LogP contribution in [0.2, 0.25) is 0 Å². The predicted octanol–water partition coefficient (Wildman–Crippen LogP) is 2.69. The van der Waals surface area contributed by atoms with Gasteiger partial charge in [-0.05, 0) is 37.8 Å². The number of ether oxygens (including phenoxy) is 2. The molecular weight excluding hydrogens is 226 g/mol. The third-order valence-electron chi connectivity index (χ3n) is 3.02. The van der Waals surface area contributed by atoms with Crippen LogP contribution in [0.4, 0.5) is 0 Å². The van der Waals surface area contributed by atoms with Gasteiger partial charge in [0.2, 0.25) is 0 Å². The zero-order valence-electron chi connectivity index (χ0n) is 11.9. The fourth-order valence-electron chi connectivity index (χ4n) is 1.94. The number of nitrogens with two attached hydrogens (primary N) is 1. The number of hydrogen-bond acceptors (Lipinski definition) is 3. The first kappa shape index (κ1) is 15.0. The van der Waals surface area contributed by atoms with Crippen molar-refractivity contribution >= 4 is 0 Å². The van der Waals surface area contributed by atoms with Gasteiger partial charge in [0.15, 0.2) is 0 Å². The summed E-state index contributed by atoms with van der Waals surface area (Å²) in [6.07, 6.45) is 1.88. The van der Waals surface area contributed by atoms with Crippen LogP contribution < -0.4 is 10.5 Å². The van der Waals surface area contributed by atoms with Gasteiger partial charge in [0.25, 0.3) is 0 Å². The molecule has 0 radical (unpaired) electrons. The van der Waals surface area contributed by atoms with E-state index in [0.29, 0.717) is 6.61 Å². The summed E-state index contributed by atoms with van der Waals surface area (Å²) in [4.78, 5) is 0. The monoisotopic (exact) mass is 251 g/mol. The minimum absolute atomic E-state index is 0.0488. The number of methoxy groups -OCH3 is 1. The zero-order chi connectivity index (χ0) is 13.5. The van der Waals surface area contributed by atoms with E-state index in [4.69, 9.17) is 15.2 Å². The van der Waals surface area contributed by atoms with Crippen molar-refractivity contribution in [2.45, 2.75) is 45.8 Å². The van der Waals surface area contributed by atoms with Gasteiger partial charge >= 0.3 is 0 Å². The van der Waals surface area contributed by atoms with Gasteiger partial charge in [0.05, 0.1) is 6.61 Å². The van der Waals surface area contributed by atoms with Crippen molar-refractivity contribution in [1.29, 1.82) is 0 Å². The third kappa shape index (κ3) is 4.31. The van der Waals surface area contributed by atoms with Gasteiger partial charge in [-0.3, -0.25) is 0 Å². The van der Waals surface area contributed by atoms with Crippen molar-refractivity contribution < 1.29 is 9.47 Å². The molecule has 0 amide bonds. The highest BCUT2D eigenvalue weighted by Gasteiger charge is 2.13. The molecule has 1 rings (SSSR count). The van der Waals surface area contributed by atoms with Crippen LogP contribution in [0.25, 0.3) is 0 Å². The maximum atomic E-state index is 6.03. The molecule has 0 aliphatic carbocycles. The molecule has 1 aromatic rings. The van der Waals surface area contributed by atoms with Gasteiger partial charge in [-0.2, -0.15) is 0 Å². The number of aryl methyl sites for hydroxylation is 1. The number of rotatable bonds is 7. The molecule has 0 fully saturated rings. The van der Waals surface area contributed by atoms with E-state index in [1.165, 1.54) is 5.56 Å². The fraction of sp³-hybridized carbons (Fsp3) is 0.600. The Morgan fingerprint density at radius 3 is 2.67 bits per heavy atom. The van der Waals surface area contributed by atoms with Crippen LogP contribution in [-0.2, 0) is 11.2 Å². The molecule has 0 aliphatic heterocycles. The van der Waals surface area contributed by atoms with Gasteiger partial charge in [0, 0.05) is 13.2 Å². The van der Waals surface area contributed by atoms with Gasteiger partial charge in [0.1, 0.15) is 11.9 Å². The quantitative estimate of drug-likeness (QED) is 0.810. The second-order valence-electron chi connectivity index (χ2n) is 4.82. The highest BCUT2D eigenvalue weighted by molar-refractivity contribution is 5.41. The lowest BCUT2D eigenvalue weighted by atomic mass is 10.0. The molecule has 1 aromatic carbocycles. The topological polar surface area (TPSA) is 44.5 Å². The van der Waals surface area contributed by atoms with Gasteiger partial charge in [-0.15, -0.1) is 0 Å². The Morgan fingerprint density at radius 1 is 1.33 bits per heavy atom. The van der Waals surface area contributed by atoms with E-state index in [9.17, 15) is 0 Å². The molecule has 0 bridgehead atoms. The van der Waals surface area contributed by atoms with E-state index in [2.05, 4.69) is 32.0 Å². The second-order valence-corrected chi connectivity index (χ2v) is 4.82. The lowest BCUT2D eigenvalue weighted by molar-refractivity contribution is 0.0909. The molecule has 18 heavy (non-hydrogen) atoms. The van der Waals surface area contributed by atoms with Crippen molar-refractivity contribution in [2.24, 2.45) is 5.73 Å². The Bertz CT molecular complexity index is 366. The van der Waals surface area contributed by atoms with E-state index in [1.807, 2.05) is 6.92 Å². The Hall–Kier alpha value is -1.06. The molecule has 0 spiro atoms. The first-order valence-corrected chi connectivity index (χ1v) is 6.58. The lowest BCUT2D eigenvalue weighted by Crippen LogP contribution is -2.23. The smallest absolute Gasteiger partial charge is 0.125 e. The summed E-state index contributed by atoms with van der Waals surface area (Å²) in [5, 5.41) is 0. The maximum absolute atomic E-state index is 6.03. The Balaban J connectivity index is 2.86. The highest BCUT2D eigenvalue weighted by Crippen LogP contribution is 2.26. The van der Waals surface area contributed by atoms with Crippen LogP contribution in [0.15, 0.2) is 18.2 Å². The summed E-state index contributed by atoms with van der Waals surface area (Å²) in [5.41, 5.74) is 8.37. The number of benzene rings is 1. The highest BCUT2D eigenvalue weighted by atomic mass is 16.5. The molecule has 0 saturated carbocycles. The number of hydrogen-bond donors (Lipinski definition) is 1. The first-order chi connectivity index (χ1) is 8.58. The molecule has 2 atom stereocenters. The minimum atomic E-state index is 0.0488. The van der Waals surface area contributed by atoms with Crippen molar-refractivity contribution in [1.82, 2.24) is 0 Å². The summed E-state index contributed by atoms with van der Waals surface area (Å²) in [7, 11) is 1.69.